The molecule has 3 nitrogen and oxygen atoms in total. The summed E-state index contributed by atoms with van der Waals surface area (Å²) in [5.74, 6) is -0.177. The lowest BCUT2D eigenvalue weighted by atomic mass is 10.3. The zero-order chi connectivity index (χ0) is 12.1. The summed E-state index contributed by atoms with van der Waals surface area (Å²) >= 11 is 1.60. The highest BCUT2D eigenvalue weighted by atomic mass is 32.2. The number of aromatic nitrogens is 1. The monoisotopic (exact) mass is 239 g/mol. The van der Waals surface area contributed by atoms with Gasteiger partial charge in [0, 0.05) is 10.9 Å². The minimum Gasteiger partial charge on any atom is -0.469 e. The predicted octanol–water partition coefficient (Wildman–Crippen LogP) is 2.74. The molecule has 0 radical (unpaired) electrons. The molecule has 16 heavy (non-hydrogen) atoms. The Balaban J connectivity index is 2.62. The fraction of sp³-hybridized carbons (Fsp3) is 0.500. The second kappa shape index (κ2) is 5.89. The molecule has 0 aliphatic rings. The molecule has 1 unspecified atom stereocenters. The molecule has 1 heterocycles. The average molecular weight is 239 g/mol. The van der Waals surface area contributed by atoms with Gasteiger partial charge in [-0.05, 0) is 31.5 Å². The number of aryl methyl sites for hydroxylation is 2. The van der Waals surface area contributed by atoms with E-state index in [0.717, 1.165) is 10.7 Å². The molecule has 4 heteroatoms. The number of carbonyl (C=O) groups is 1. The van der Waals surface area contributed by atoms with E-state index in [9.17, 15) is 4.79 Å². The molecule has 0 fully saturated rings. The smallest absolute Gasteiger partial charge is 0.306 e. The van der Waals surface area contributed by atoms with Crippen LogP contribution in [0, 0.1) is 13.8 Å². The molecule has 1 rings (SSSR count). The Kier molecular flexibility index (Phi) is 4.80. The molecule has 0 aromatic carbocycles. The summed E-state index contributed by atoms with van der Waals surface area (Å²) in [6.07, 6.45) is 0.413. The highest BCUT2D eigenvalue weighted by Gasteiger charge is 2.11. The Bertz CT molecular complexity index is 359. The van der Waals surface area contributed by atoms with E-state index in [1.54, 1.807) is 11.8 Å². The molecule has 0 aliphatic heterocycles. The maximum atomic E-state index is 11.1. The van der Waals surface area contributed by atoms with Crippen LogP contribution in [0.5, 0.6) is 0 Å². The lowest BCUT2D eigenvalue weighted by molar-refractivity contribution is -0.140. The molecular weight excluding hydrogens is 222 g/mol. The van der Waals surface area contributed by atoms with Crippen LogP contribution >= 0.6 is 11.8 Å². The van der Waals surface area contributed by atoms with Gasteiger partial charge < -0.3 is 4.74 Å². The Hall–Kier alpha value is -1.03. The first-order chi connectivity index (χ1) is 7.51. The quantitative estimate of drug-likeness (QED) is 0.598. The van der Waals surface area contributed by atoms with E-state index < -0.39 is 0 Å². The van der Waals surface area contributed by atoms with Gasteiger partial charge in [-0.25, -0.2) is 4.98 Å². The number of rotatable bonds is 4. The number of nitrogens with zero attached hydrogens (tertiary/aromatic N) is 1. The minimum atomic E-state index is -0.177. The number of hydrogen-bond acceptors (Lipinski definition) is 4. The zero-order valence-electron chi connectivity index (χ0n) is 10.1. The van der Waals surface area contributed by atoms with Crippen LogP contribution in [0.25, 0.3) is 0 Å². The summed E-state index contributed by atoms with van der Waals surface area (Å²) in [6.45, 7) is 6.02. The van der Waals surface area contributed by atoms with Gasteiger partial charge in [-0.1, -0.05) is 6.92 Å². The Morgan fingerprint density at radius 3 is 2.75 bits per heavy atom. The summed E-state index contributed by atoms with van der Waals surface area (Å²) in [7, 11) is 1.41. The van der Waals surface area contributed by atoms with Crippen LogP contribution < -0.4 is 0 Å². The van der Waals surface area contributed by atoms with Crippen molar-refractivity contribution in [3.63, 3.8) is 0 Å². The van der Waals surface area contributed by atoms with E-state index in [1.165, 1.54) is 12.7 Å². The van der Waals surface area contributed by atoms with Crippen molar-refractivity contribution in [3.8, 4) is 0 Å². The van der Waals surface area contributed by atoms with Gasteiger partial charge in [-0.3, -0.25) is 4.79 Å². The van der Waals surface area contributed by atoms with Crippen molar-refractivity contribution in [2.75, 3.05) is 7.11 Å². The SMILES string of the molecule is COC(=O)CC(C)Sc1cc(C)cc(C)n1. The first-order valence-electron chi connectivity index (χ1n) is 5.20. The van der Waals surface area contributed by atoms with Gasteiger partial charge in [0.25, 0.3) is 0 Å². The molecule has 0 aliphatic carbocycles. The lowest BCUT2D eigenvalue weighted by Gasteiger charge is -2.10. The second-order valence-corrected chi connectivity index (χ2v) is 5.29. The summed E-state index contributed by atoms with van der Waals surface area (Å²) in [5, 5.41) is 1.15. The number of thioether (sulfide) groups is 1. The van der Waals surface area contributed by atoms with E-state index in [2.05, 4.69) is 9.72 Å². The van der Waals surface area contributed by atoms with Crippen LogP contribution in [0.3, 0.4) is 0 Å². The molecule has 1 atom stereocenters. The van der Waals surface area contributed by atoms with Gasteiger partial charge in [-0.15, -0.1) is 11.8 Å². The highest BCUT2D eigenvalue weighted by molar-refractivity contribution is 7.99. The Morgan fingerprint density at radius 1 is 1.50 bits per heavy atom. The predicted molar refractivity (Wildman–Crippen MR) is 65.7 cm³/mol. The maximum absolute atomic E-state index is 11.1. The third-order valence-electron chi connectivity index (χ3n) is 2.08. The van der Waals surface area contributed by atoms with Crippen LogP contribution in [-0.4, -0.2) is 23.3 Å². The van der Waals surface area contributed by atoms with Crippen molar-refractivity contribution in [2.24, 2.45) is 0 Å². The minimum absolute atomic E-state index is 0.177. The summed E-state index contributed by atoms with van der Waals surface area (Å²) in [5.41, 5.74) is 2.20. The lowest BCUT2D eigenvalue weighted by Crippen LogP contribution is -2.08. The first-order valence-corrected chi connectivity index (χ1v) is 6.08. The third-order valence-corrected chi connectivity index (χ3v) is 3.10. The molecule has 0 spiro atoms. The van der Waals surface area contributed by atoms with Crippen LogP contribution in [0.1, 0.15) is 24.6 Å². The van der Waals surface area contributed by atoms with Gasteiger partial charge >= 0.3 is 5.97 Å². The van der Waals surface area contributed by atoms with Crippen molar-refractivity contribution >= 4 is 17.7 Å². The summed E-state index contributed by atoms with van der Waals surface area (Å²) in [6, 6.07) is 4.07. The van der Waals surface area contributed by atoms with E-state index in [-0.39, 0.29) is 11.2 Å². The number of carbonyl (C=O) groups excluding carboxylic acids is 1. The van der Waals surface area contributed by atoms with Gasteiger partial charge in [0.1, 0.15) is 0 Å². The van der Waals surface area contributed by atoms with Crippen LogP contribution in [0.2, 0.25) is 0 Å². The van der Waals surface area contributed by atoms with Gasteiger partial charge in [0.15, 0.2) is 0 Å². The normalized spacial score (nSPS) is 12.2. The van der Waals surface area contributed by atoms with Crippen molar-refractivity contribution in [2.45, 2.75) is 37.5 Å². The van der Waals surface area contributed by atoms with Crippen LogP contribution in [0.15, 0.2) is 17.2 Å². The largest absolute Gasteiger partial charge is 0.469 e. The zero-order valence-corrected chi connectivity index (χ0v) is 10.9. The molecular formula is C12H17NO2S. The molecule has 88 valence electrons. The van der Waals surface area contributed by atoms with E-state index >= 15 is 0 Å². The van der Waals surface area contributed by atoms with Crippen molar-refractivity contribution in [3.05, 3.63) is 23.4 Å². The number of hydrogen-bond donors (Lipinski definition) is 0. The topological polar surface area (TPSA) is 39.2 Å². The summed E-state index contributed by atoms with van der Waals surface area (Å²) < 4.78 is 4.63. The van der Waals surface area contributed by atoms with E-state index in [4.69, 9.17) is 0 Å². The van der Waals surface area contributed by atoms with Crippen molar-refractivity contribution in [1.29, 1.82) is 0 Å². The van der Waals surface area contributed by atoms with Crippen LogP contribution in [0.4, 0.5) is 0 Å². The van der Waals surface area contributed by atoms with E-state index in [1.807, 2.05) is 32.9 Å². The molecule has 0 saturated heterocycles. The number of esters is 1. The molecule has 0 N–H and O–H groups in total. The molecule has 1 aromatic heterocycles. The molecule has 0 amide bonds. The fourth-order valence-corrected chi connectivity index (χ4v) is 2.51. The highest BCUT2D eigenvalue weighted by Crippen LogP contribution is 2.24. The van der Waals surface area contributed by atoms with Gasteiger partial charge in [-0.2, -0.15) is 0 Å². The molecule has 0 saturated carbocycles. The van der Waals surface area contributed by atoms with Crippen LogP contribution in [-0.2, 0) is 9.53 Å². The fourth-order valence-electron chi connectivity index (χ4n) is 1.43. The van der Waals surface area contributed by atoms with E-state index in [0.29, 0.717) is 6.42 Å². The average Bonchev–Trinajstić information content (AvgIpc) is 2.15. The van der Waals surface area contributed by atoms with Crippen molar-refractivity contribution < 1.29 is 9.53 Å². The molecule has 1 aromatic rings. The Labute approximate surface area is 101 Å². The van der Waals surface area contributed by atoms with Crippen molar-refractivity contribution in [1.82, 2.24) is 4.98 Å². The molecule has 0 bridgehead atoms. The third kappa shape index (κ3) is 4.23. The second-order valence-electron chi connectivity index (χ2n) is 3.83. The summed E-state index contributed by atoms with van der Waals surface area (Å²) in [4.78, 5) is 15.5. The van der Waals surface area contributed by atoms with Gasteiger partial charge in [0.2, 0.25) is 0 Å². The number of methoxy groups -OCH3 is 1. The number of pyridine rings is 1. The maximum Gasteiger partial charge on any atom is 0.306 e. The standard InChI is InChI=1S/C12H17NO2S/c1-8-5-9(2)13-11(6-8)16-10(3)7-12(14)15-4/h5-6,10H,7H2,1-4H3. The Morgan fingerprint density at radius 2 is 2.19 bits per heavy atom. The number of ether oxygens (including phenoxy) is 1. The van der Waals surface area contributed by atoms with Gasteiger partial charge in [0.05, 0.1) is 18.6 Å². The first kappa shape index (κ1) is 13.0.